The second kappa shape index (κ2) is 9.49. The number of aromatic nitrogens is 1. The van der Waals surface area contributed by atoms with Gasteiger partial charge >= 0.3 is 18.1 Å². The average molecular weight is 407 g/mol. The van der Waals surface area contributed by atoms with Crippen molar-refractivity contribution in [2.24, 2.45) is 0 Å². The van der Waals surface area contributed by atoms with E-state index in [-0.39, 0.29) is 17.1 Å². The second-order valence-corrected chi connectivity index (χ2v) is 5.79. The van der Waals surface area contributed by atoms with Crippen LogP contribution in [0.1, 0.15) is 11.1 Å². The van der Waals surface area contributed by atoms with Gasteiger partial charge in [-0.15, -0.1) is 0 Å². The zero-order chi connectivity index (χ0) is 21.4. The number of carbonyl (C=O) groups excluding carboxylic acids is 2. The number of nitrogens with zero attached hydrogens (tertiary/aromatic N) is 2. The lowest BCUT2D eigenvalue weighted by atomic mass is 10.1. The van der Waals surface area contributed by atoms with E-state index in [1.165, 1.54) is 36.4 Å². The molecule has 2 amide bonds. The normalized spacial score (nSPS) is 11.3. The molecule has 0 bridgehead atoms. The number of alkyl halides is 3. The molecule has 1 aromatic carbocycles. The van der Waals surface area contributed by atoms with Crippen molar-refractivity contribution < 1.29 is 32.7 Å². The molecule has 0 aliphatic carbocycles. The molecule has 0 atom stereocenters. The average Bonchev–Trinajstić information content (AvgIpc) is 2.69. The van der Waals surface area contributed by atoms with Crippen molar-refractivity contribution in [3.8, 4) is 0 Å². The molecule has 7 nitrogen and oxygen atoms in total. The van der Waals surface area contributed by atoms with Crippen LogP contribution in [0.25, 0.3) is 6.08 Å². The minimum atomic E-state index is -5.21. The quantitative estimate of drug-likeness (QED) is 0.687. The van der Waals surface area contributed by atoms with Crippen molar-refractivity contribution in [2.75, 3.05) is 11.4 Å². The minimum absolute atomic E-state index is 0.121. The number of nitrogens with one attached hydrogen (secondary N) is 1. The van der Waals surface area contributed by atoms with Crippen molar-refractivity contribution in [3.63, 3.8) is 0 Å². The highest BCUT2D eigenvalue weighted by atomic mass is 19.4. The molecule has 1 aromatic heterocycles. The molecule has 0 unspecified atom stereocenters. The van der Waals surface area contributed by atoms with Crippen molar-refractivity contribution in [2.45, 2.75) is 12.7 Å². The molecule has 0 saturated heterocycles. The molecule has 2 rings (SSSR count). The van der Waals surface area contributed by atoms with Gasteiger partial charge in [0.1, 0.15) is 6.54 Å². The van der Waals surface area contributed by atoms with Crippen molar-refractivity contribution in [1.82, 2.24) is 10.3 Å². The number of anilines is 1. The van der Waals surface area contributed by atoms with Gasteiger partial charge in [-0.3, -0.25) is 24.3 Å². The summed E-state index contributed by atoms with van der Waals surface area (Å²) in [5, 5.41) is 11.4. The monoisotopic (exact) mass is 407 g/mol. The maximum absolute atomic E-state index is 12.7. The molecule has 0 saturated carbocycles. The van der Waals surface area contributed by atoms with Gasteiger partial charge in [0.25, 0.3) is 0 Å². The Bertz CT molecular complexity index is 897. The van der Waals surface area contributed by atoms with Crippen molar-refractivity contribution in [1.29, 1.82) is 0 Å². The van der Waals surface area contributed by atoms with Crippen LogP contribution in [-0.4, -0.2) is 40.6 Å². The van der Waals surface area contributed by atoms with Crippen LogP contribution in [0.15, 0.2) is 54.9 Å². The summed E-state index contributed by atoms with van der Waals surface area (Å²) in [6.45, 7) is -0.857. The van der Waals surface area contributed by atoms with Gasteiger partial charge in [-0.25, -0.2) is 0 Å². The number of carboxylic acid groups (broad SMARTS) is 1. The third kappa shape index (κ3) is 6.76. The van der Waals surface area contributed by atoms with Gasteiger partial charge in [0.2, 0.25) is 5.91 Å². The smallest absolute Gasteiger partial charge is 0.471 e. The van der Waals surface area contributed by atoms with Gasteiger partial charge in [0.15, 0.2) is 0 Å². The molecule has 2 N–H and O–H groups in total. The van der Waals surface area contributed by atoms with Crippen LogP contribution in [0.4, 0.5) is 18.9 Å². The molecule has 0 spiro atoms. The first-order chi connectivity index (χ1) is 13.7. The van der Waals surface area contributed by atoms with Crippen molar-refractivity contribution >= 4 is 29.5 Å². The van der Waals surface area contributed by atoms with Gasteiger partial charge < -0.3 is 10.4 Å². The number of carbonyl (C=O) groups is 3. The van der Waals surface area contributed by atoms with Crippen LogP contribution >= 0.6 is 0 Å². The highest BCUT2D eigenvalue weighted by Crippen LogP contribution is 2.24. The summed E-state index contributed by atoms with van der Waals surface area (Å²) >= 11 is 0. The lowest BCUT2D eigenvalue weighted by Gasteiger charge is -2.22. The first kappa shape index (κ1) is 21.6. The van der Waals surface area contributed by atoms with Crippen LogP contribution in [0.2, 0.25) is 0 Å². The Morgan fingerprint density at radius 2 is 1.83 bits per heavy atom. The highest BCUT2D eigenvalue weighted by Gasteiger charge is 2.43. The SMILES string of the molecule is O=C(O)CN(C(=O)C(F)(F)F)c1ccc(C=CC(=O)NCc2cccnc2)cc1. The molecule has 0 aliphatic rings. The fourth-order valence-corrected chi connectivity index (χ4v) is 2.26. The van der Waals surface area contributed by atoms with E-state index < -0.39 is 30.5 Å². The number of halogens is 3. The number of hydrogen-bond donors (Lipinski definition) is 2. The van der Waals surface area contributed by atoms with Gasteiger partial charge in [0, 0.05) is 30.7 Å². The standard InChI is InChI=1S/C19H16F3N3O4/c20-19(21,22)18(29)25(12-17(27)28)15-6-3-13(4-7-15)5-8-16(26)24-11-14-2-1-9-23-10-14/h1-10H,11-12H2,(H,24,26)(H,27,28). The Morgan fingerprint density at radius 3 is 2.38 bits per heavy atom. The van der Waals surface area contributed by atoms with Crippen LogP contribution in [0.3, 0.4) is 0 Å². The predicted octanol–water partition coefficient (Wildman–Crippen LogP) is 2.39. The number of carboxylic acids is 1. The summed E-state index contributed by atoms with van der Waals surface area (Å²) in [7, 11) is 0. The number of pyridine rings is 1. The first-order valence-electron chi connectivity index (χ1n) is 8.22. The lowest BCUT2D eigenvalue weighted by Crippen LogP contribution is -2.44. The van der Waals surface area contributed by atoms with Gasteiger partial charge in [-0.1, -0.05) is 18.2 Å². The Hall–Kier alpha value is -3.69. The minimum Gasteiger partial charge on any atom is -0.480 e. The summed E-state index contributed by atoms with van der Waals surface area (Å²) in [4.78, 5) is 38.1. The second-order valence-electron chi connectivity index (χ2n) is 5.79. The molecule has 0 aliphatic heterocycles. The Balaban J connectivity index is 2.03. The van der Waals surface area contributed by atoms with E-state index >= 15 is 0 Å². The van der Waals surface area contributed by atoms with E-state index in [0.29, 0.717) is 5.56 Å². The summed E-state index contributed by atoms with van der Waals surface area (Å²) in [5.74, 6) is -4.26. The molecule has 1 heterocycles. The van der Waals surface area contributed by atoms with Crippen LogP contribution in [0.5, 0.6) is 0 Å². The van der Waals surface area contributed by atoms with Gasteiger partial charge in [0.05, 0.1) is 0 Å². The Morgan fingerprint density at radius 1 is 1.14 bits per heavy atom. The topological polar surface area (TPSA) is 99.6 Å². The number of amides is 2. The maximum atomic E-state index is 12.7. The molecule has 29 heavy (non-hydrogen) atoms. The van der Waals surface area contributed by atoms with E-state index in [0.717, 1.165) is 5.56 Å². The largest absolute Gasteiger partial charge is 0.480 e. The Labute approximate surface area is 163 Å². The summed E-state index contributed by atoms with van der Waals surface area (Å²) < 4.78 is 38.0. The summed E-state index contributed by atoms with van der Waals surface area (Å²) in [6.07, 6.45) is 0.666. The molecule has 0 fully saturated rings. The number of aliphatic carboxylic acids is 1. The van der Waals surface area contributed by atoms with Crippen LogP contribution in [-0.2, 0) is 20.9 Å². The molecule has 0 radical (unpaired) electrons. The Kier molecular flexibility index (Phi) is 7.07. The third-order valence-corrected chi connectivity index (χ3v) is 3.60. The van der Waals surface area contributed by atoms with Crippen LogP contribution < -0.4 is 10.2 Å². The third-order valence-electron chi connectivity index (χ3n) is 3.60. The molecule has 10 heteroatoms. The first-order valence-corrected chi connectivity index (χ1v) is 8.22. The van der Waals surface area contributed by atoms with Crippen molar-refractivity contribution in [3.05, 3.63) is 66.0 Å². The zero-order valence-electron chi connectivity index (χ0n) is 14.9. The number of rotatable bonds is 7. The molecular formula is C19H16F3N3O4. The number of hydrogen-bond acceptors (Lipinski definition) is 4. The van der Waals surface area contributed by atoms with E-state index in [1.54, 1.807) is 24.5 Å². The van der Waals surface area contributed by atoms with Gasteiger partial charge in [-0.05, 0) is 35.4 Å². The lowest BCUT2D eigenvalue weighted by molar-refractivity contribution is -0.170. The molecule has 152 valence electrons. The predicted molar refractivity (Wildman–Crippen MR) is 97.6 cm³/mol. The van der Waals surface area contributed by atoms with Crippen LogP contribution in [0, 0.1) is 0 Å². The van der Waals surface area contributed by atoms with Gasteiger partial charge in [-0.2, -0.15) is 13.2 Å². The van der Waals surface area contributed by atoms with E-state index in [9.17, 15) is 27.6 Å². The van der Waals surface area contributed by atoms with E-state index in [4.69, 9.17) is 5.11 Å². The molecule has 2 aromatic rings. The summed E-state index contributed by atoms with van der Waals surface area (Å²) in [6, 6.07) is 8.58. The molecular weight excluding hydrogens is 391 g/mol. The van der Waals surface area contributed by atoms with E-state index in [1.807, 2.05) is 0 Å². The summed E-state index contributed by atoms with van der Waals surface area (Å²) in [5.41, 5.74) is 1.05. The number of benzene rings is 1. The fraction of sp³-hybridized carbons (Fsp3) is 0.158. The zero-order valence-corrected chi connectivity index (χ0v) is 14.9. The van der Waals surface area contributed by atoms with E-state index in [2.05, 4.69) is 10.3 Å². The fourth-order valence-electron chi connectivity index (χ4n) is 2.26. The highest BCUT2D eigenvalue weighted by molar-refractivity contribution is 6.00. The maximum Gasteiger partial charge on any atom is 0.471 e.